The number of rotatable bonds is 6. The Hall–Kier alpha value is -0.540. The van der Waals surface area contributed by atoms with E-state index in [1.54, 1.807) is 12.1 Å². The fraction of sp³-hybridized carbons (Fsp3) is 0.600. The zero-order chi connectivity index (χ0) is 13.7. The molecule has 0 heterocycles. The van der Waals surface area contributed by atoms with Gasteiger partial charge in [0.15, 0.2) is 0 Å². The Kier molecular flexibility index (Phi) is 6.16. The van der Waals surface area contributed by atoms with Gasteiger partial charge in [0, 0.05) is 16.5 Å². The molecule has 1 aromatic rings. The average molecular weight is 269 g/mol. The van der Waals surface area contributed by atoms with Gasteiger partial charge >= 0.3 is 0 Å². The van der Waals surface area contributed by atoms with Crippen LogP contribution < -0.4 is 5.73 Å². The molecule has 0 aromatic heterocycles. The van der Waals surface area contributed by atoms with Crippen molar-refractivity contribution < 1.29 is 4.39 Å². The molecule has 1 aromatic carbocycles. The molecule has 3 atom stereocenters. The molecule has 0 saturated heterocycles. The van der Waals surface area contributed by atoms with Crippen molar-refractivity contribution in [2.45, 2.75) is 50.7 Å². The van der Waals surface area contributed by atoms with Crippen LogP contribution in [-0.2, 0) is 0 Å². The van der Waals surface area contributed by atoms with E-state index < -0.39 is 0 Å². The molecule has 102 valence electrons. The van der Waals surface area contributed by atoms with E-state index in [-0.39, 0.29) is 17.1 Å². The first-order chi connectivity index (χ1) is 8.45. The van der Waals surface area contributed by atoms with E-state index in [1.807, 2.05) is 17.8 Å². The van der Waals surface area contributed by atoms with Crippen LogP contribution in [-0.4, -0.2) is 11.3 Å². The SMILES string of the molecule is CCC(N)C(SC(C)C(C)C)c1cccc(F)c1. The first-order valence-corrected chi connectivity index (χ1v) is 7.56. The topological polar surface area (TPSA) is 26.0 Å². The molecular weight excluding hydrogens is 245 g/mol. The highest BCUT2D eigenvalue weighted by Gasteiger charge is 2.23. The predicted molar refractivity (Wildman–Crippen MR) is 79.3 cm³/mol. The highest BCUT2D eigenvalue weighted by molar-refractivity contribution is 8.00. The van der Waals surface area contributed by atoms with Crippen LogP contribution in [0.5, 0.6) is 0 Å². The molecule has 0 aliphatic rings. The van der Waals surface area contributed by atoms with Gasteiger partial charge < -0.3 is 5.73 Å². The van der Waals surface area contributed by atoms with Gasteiger partial charge in [0.05, 0.1) is 0 Å². The van der Waals surface area contributed by atoms with Crippen LogP contribution in [0.4, 0.5) is 4.39 Å². The van der Waals surface area contributed by atoms with Gasteiger partial charge in [-0.25, -0.2) is 4.39 Å². The second-order valence-corrected chi connectivity index (χ2v) is 6.66. The summed E-state index contributed by atoms with van der Waals surface area (Å²) in [5, 5.41) is 0.680. The second kappa shape index (κ2) is 7.15. The molecule has 0 amide bonds. The van der Waals surface area contributed by atoms with Crippen LogP contribution in [0.15, 0.2) is 24.3 Å². The Morgan fingerprint density at radius 1 is 1.28 bits per heavy atom. The second-order valence-electron chi connectivity index (χ2n) is 5.13. The van der Waals surface area contributed by atoms with Gasteiger partial charge in [0.1, 0.15) is 5.82 Å². The van der Waals surface area contributed by atoms with Gasteiger partial charge in [-0.15, -0.1) is 11.8 Å². The Labute approximate surface area is 114 Å². The number of benzene rings is 1. The van der Waals surface area contributed by atoms with Crippen molar-refractivity contribution in [3.63, 3.8) is 0 Å². The lowest BCUT2D eigenvalue weighted by Crippen LogP contribution is -2.27. The lowest BCUT2D eigenvalue weighted by atomic mass is 10.0. The van der Waals surface area contributed by atoms with Crippen molar-refractivity contribution in [3.8, 4) is 0 Å². The Balaban J connectivity index is 2.91. The molecule has 1 nitrogen and oxygen atoms in total. The molecule has 3 heteroatoms. The van der Waals surface area contributed by atoms with E-state index in [2.05, 4.69) is 27.7 Å². The molecule has 0 bridgehead atoms. The predicted octanol–water partition coefficient (Wildman–Crippen LogP) is 4.38. The molecule has 0 spiro atoms. The molecule has 3 unspecified atom stereocenters. The zero-order valence-electron chi connectivity index (χ0n) is 11.7. The van der Waals surface area contributed by atoms with Crippen LogP contribution in [0.25, 0.3) is 0 Å². The maximum absolute atomic E-state index is 13.3. The standard InChI is InChI=1S/C15H24FNS/c1-5-14(17)15(18-11(4)10(2)3)12-7-6-8-13(16)9-12/h6-11,14-15H,5,17H2,1-4H3. The van der Waals surface area contributed by atoms with Gasteiger partial charge in [-0.2, -0.15) is 0 Å². The maximum Gasteiger partial charge on any atom is 0.123 e. The Morgan fingerprint density at radius 2 is 1.94 bits per heavy atom. The van der Waals surface area contributed by atoms with Crippen LogP contribution in [0.1, 0.15) is 44.9 Å². The summed E-state index contributed by atoms with van der Waals surface area (Å²) in [5.74, 6) is 0.411. The molecule has 1 rings (SSSR count). The normalized spacial score (nSPS) is 16.6. The molecule has 0 saturated carbocycles. The van der Waals surface area contributed by atoms with E-state index in [9.17, 15) is 4.39 Å². The van der Waals surface area contributed by atoms with E-state index in [1.165, 1.54) is 6.07 Å². The van der Waals surface area contributed by atoms with Crippen LogP contribution in [0.2, 0.25) is 0 Å². The first-order valence-electron chi connectivity index (χ1n) is 6.62. The molecule has 0 fully saturated rings. The van der Waals surface area contributed by atoms with E-state index in [0.717, 1.165) is 12.0 Å². The number of hydrogen-bond acceptors (Lipinski definition) is 2. The van der Waals surface area contributed by atoms with Gasteiger partial charge in [0.2, 0.25) is 0 Å². The summed E-state index contributed by atoms with van der Waals surface area (Å²) in [6.07, 6.45) is 0.902. The minimum absolute atomic E-state index is 0.0676. The number of hydrogen-bond donors (Lipinski definition) is 1. The minimum Gasteiger partial charge on any atom is -0.326 e. The van der Waals surface area contributed by atoms with Crippen molar-refractivity contribution in [1.82, 2.24) is 0 Å². The van der Waals surface area contributed by atoms with Crippen LogP contribution in [0.3, 0.4) is 0 Å². The third-order valence-electron chi connectivity index (χ3n) is 3.34. The highest BCUT2D eigenvalue weighted by atomic mass is 32.2. The average Bonchev–Trinajstić information content (AvgIpc) is 2.34. The smallest absolute Gasteiger partial charge is 0.123 e. The summed E-state index contributed by atoms with van der Waals surface area (Å²) in [6.45, 7) is 8.71. The fourth-order valence-corrected chi connectivity index (χ4v) is 3.19. The molecular formula is C15H24FNS. The summed E-state index contributed by atoms with van der Waals surface area (Å²) < 4.78 is 13.3. The summed E-state index contributed by atoms with van der Waals surface area (Å²) in [5.41, 5.74) is 7.21. The number of halogens is 1. The summed E-state index contributed by atoms with van der Waals surface area (Å²) in [7, 11) is 0. The van der Waals surface area contributed by atoms with Crippen molar-refractivity contribution in [2.75, 3.05) is 0 Å². The lowest BCUT2D eigenvalue weighted by molar-refractivity contribution is 0.599. The van der Waals surface area contributed by atoms with E-state index >= 15 is 0 Å². The van der Waals surface area contributed by atoms with Gasteiger partial charge in [-0.3, -0.25) is 0 Å². The molecule has 18 heavy (non-hydrogen) atoms. The summed E-state index contributed by atoms with van der Waals surface area (Å²) in [4.78, 5) is 0. The molecule has 2 N–H and O–H groups in total. The fourth-order valence-electron chi connectivity index (χ4n) is 1.71. The van der Waals surface area contributed by atoms with Crippen molar-refractivity contribution in [2.24, 2.45) is 11.7 Å². The Morgan fingerprint density at radius 3 is 2.44 bits per heavy atom. The summed E-state index contributed by atoms with van der Waals surface area (Å²) >= 11 is 1.86. The van der Waals surface area contributed by atoms with Crippen molar-refractivity contribution in [1.29, 1.82) is 0 Å². The van der Waals surface area contributed by atoms with Crippen LogP contribution in [0, 0.1) is 11.7 Å². The van der Waals surface area contributed by atoms with Gasteiger partial charge in [-0.05, 0) is 30.0 Å². The van der Waals surface area contributed by atoms with Gasteiger partial charge in [0.25, 0.3) is 0 Å². The largest absolute Gasteiger partial charge is 0.326 e. The van der Waals surface area contributed by atoms with Crippen molar-refractivity contribution >= 4 is 11.8 Å². The molecule has 0 radical (unpaired) electrons. The number of nitrogens with two attached hydrogens (primary N) is 1. The van der Waals surface area contributed by atoms with E-state index in [0.29, 0.717) is 11.2 Å². The van der Waals surface area contributed by atoms with Crippen molar-refractivity contribution in [3.05, 3.63) is 35.6 Å². The minimum atomic E-state index is -0.182. The van der Waals surface area contributed by atoms with E-state index in [4.69, 9.17) is 5.73 Å². The number of thioether (sulfide) groups is 1. The van der Waals surface area contributed by atoms with Gasteiger partial charge in [-0.1, -0.05) is 39.8 Å². The maximum atomic E-state index is 13.3. The highest BCUT2D eigenvalue weighted by Crippen LogP contribution is 2.37. The van der Waals surface area contributed by atoms with Crippen LogP contribution >= 0.6 is 11.8 Å². The Bertz CT molecular complexity index is 367. The first kappa shape index (κ1) is 15.5. The lowest BCUT2D eigenvalue weighted by Gasteiger charge is -2.27. The molecule has 0 aliphatic carbocycles. The zero-order valence-corrected chi connectivity index (χ0v) is 12.5. The molecule has 0 aliphatic heterocycles. The summed E-state index contributed by atoms with van der Waals surface area (Å²) in [6, 6.07) is 6.90. The quantitative estimate of drug-likeness (QED) is 0.829. The third-order valence-corrected chi connectivity index (χ3v) is 5.23. The monoisotopic (exact) mass is 269 g/mol. The third kappa shape index (κ3) is 4.29.